The van der Waals surface area contributed by atoms with Crippen LogP contribution in [0.4, 0.5) is 6.01 Å². The number of benzene rings is 1. The number of hydrogen-bond donors (Lipinski definition) is 5. The van der Waals surface area contributed by atoms with Gasteiger partial charge in [-0.05, 0) is 19.1 Å². The molecule has 9 nitrogen and oxygen atoms in total. The van der Waals surface area contributed by atoms with Crippen LogP contribution < -0.4 is 5.32 Å². The van der Waals surface area contributed by atoms with Crippen molar-refractivity contribution >= 4 is 6.01 Å². The summed E-state index contributed by atoms with van der Waals surface area (Å²) in [5.41, 5.74) is 1.83. The highest BCUT2D eigenvalue weighted by atomic mass is 16.6. The first-order valence-corrected chi connectivity index (χ1v) is 7.47. The summed E-state index contributed by atoms with van der Waals surface area (Å²) in [7, 11) is 0. The fraction of sp³-hybridized carbons (Fsp3) is 0.467. The predicted molar refractivity (Wildman–Crippen MR) is 81.9 cm³/mol. The van der Waals surface area contributed by atoms with Crippen molar-refractivity contribution in [3.8, 4) is 11.5 Å². The van der Waals surface area contributed by atoms with Gasteiger partial charge in [-0.3, -0.25) is 0 Å². The van der Waals surface area contributed by atoms with Crippen LogP contribution in [0.2, 0.25) is 0 Å². The van der Waals surface area contributed by atoms with Crippen LogP contribution in [0.15, 0.2) is 28.7 Å². The molecule has 2 heterocycles. The lowest BCUT2D eigenvalue weighted by Crippen LogP contribution is -2.60. The van der Waals surface area contributed by atoms with Gasteiger partial charge < -0.3 is 34.9 Å². The van der Waals surface area contributed by atoms with E-state index in [4.69, 9.17) is 14.3 Å². The number of anilines is 1. The van der Waals surface area contributed by atoms with Crippen LogP contribution in [0.5, 0.6) is 0 Å². The van der Waals surface area contributed by atoms with Crippen LogP contribution >= 0.6 is 0 Å². The highest BCUT2D eigenvalue weighted by Gasteiger charge is 2.43. The van der Waals surface area contributed by atoms with Gasteiger partial charge in [-0.15, -0.1) is 5.10 Å². The molecule has 0 unspecified atom stereocenters. The first-order chi connectivity index (χ1) is 11.5. The number of hydrogen-bond acceptors (Lipinski definition) is 9. The Bertz CT molecular complexity index is 674. The van der Waals surface area contributed by atoms with E-state index in [9.17, 15) is 15.3 Å². The molecule has 24 heavy (non-hydrogen) atoms. The van der Waals surface area contributed by atoms with Gasteiger partial charge >= 0.3 is 6.01 Å². The van der Waals surface area contributed by atoms with Crippen molar-refractivity contribution in [2.24, 2.45) is 0 Å². The molecule has 0 radical (unpaired) electrons. The standard InChI is InChI=1S/C15H19N3O6/c1-7-2-4-8(5-3-7)13-17-18-15(24-13)16-14-12(22)11(21)10(20)9(6-19)23-14/h2-5,9-12,14,19-22H,6H2,1H3,(H,16,18)/t9-,10-,11+,12-,14-/m1/s1. The lowest BCUT2D eigenvalue weighted by atomic mass is 9.98. The maximum Gasteiger partial charge on any atom is 0.317 e. The molecule has 1 saturated heterocycles. The number of nitrogens with zero attached hydrogens (tertiary/aromatic N) is 2. The van der Waals surface area contributed by atoms with Gasteiger partial charge in [0, 0.05) is 5.56 Å². The highest BCUT2D eigenvalue weighted by molar-refractivity contribution is 5.53. The molecule has 0 aliphatic carbocycles. The monoisotopic (exact) mass is 337 g/mol. The topological polar surface area (TPSA) is 141 Å². The quantitative estimate of drug-likeness (QED) is 0.487. The minimum atomic E-state index is -1.48. The van der Waals surface area contributed by atoms with Gasteiger partial charge in [-0.2, -0.15) is 0 Å². The van der Waals surface area contributed by atoms with Crippen molar-refractivity contribution in [2.45, 2.75) is 37.6 Å². The Hall–Kier alpha value is -2.04. The summed E-state index contributed by atoms with van der Waals surface area (Å²) in [5, 5.41) is 49.0. The molecule has 0 amide bonds. The Balaban J connectivity index is 1.73. The average molecular weight is 337 g/mol. The summed E-state index contributed by atoms with van der Waals surface area (Å²) in [6.45, 7) is 1.45. The molecule has 9 heteroatoms. The zero-order chi connectivity index (χ0) is 17.3. The van der Waals surface area contributed by atoms with Crippen molar-refractivity contribution in [3.63, 3.8) is 0 Å². The van der Waals surface area contributed by atoms with Crippen LogP contribution in [0, 0.1) is 6.92 Å². The second-order valence-electron chi connectivity index (χ2n) is 5.67. The fourth-order valence-corrected chi connectivity index (χ4v) is 2.44. The number of ether oxygens (including phenoxy) is 1. The summed E-state index contributed by atoms with van der Waals surface area (Å²) < 4.78 is 10.8. The molecule has 0 spiro atoms. The van der Waals surface area contributed by atoms with Crippen molar-refractivity contribution in [3.05, 3.63) is 29.8 Å². The average Bonchev–Trinajstić information content (AvgIpc) is 3.04. The summed E-state index contributed by atoms with van der Waals surface area (Å²) in [6.07, 6.45) is -6.47. The number of aliphatic hydroxyl groups is 4. The molecule has 2 aromatic rings. The van der Waals surface area contributed by atoms with E-state index in [-0.39, 0.29) is 11.9 Å². The van der Waals surface area contributed by atoms with Gasteiger partial charge in [0.15, 0.2) is 6.23 Å². The van der Waals surface area contributed by atoms with Crippen molar-refractivity contribution in [1.29, 1.82) is 0 Å². The van der Waals surface area contributed by atoms with E-state index in [0.29, 0.717) is 0 Å². The van der Waals surface area contributed by atoms with E-state index in [1.807, 2.05) is 31.2 Å². The van der Waals surface area contributed by atoms with Gasteiger partial charge in [-0.1, -0.05) is 22.8 Å². The van der Waals surface area contributed by atoms with Crippen LogP contribution in [0.25, 0.3) is 11.5 Å². The molecule has 5 N–H and O–H groups in total. The summed E-state index contributed by atoms with van der Waals surface area (Å²) in [6, 6.07) is 7.46. The zero-order valence-electron chi connectivity index (χ0n) is 12.9. The number of nitrogens with one attached hydrogen (secondary N) is 1. The lowest BCUT2D eigenvalue weighted by molar-refractivity contribution is -0.222. The Morgan fingerprint density at radius 2 is 1.75 bits per heavy atom. The molecule has 130 valence electrons. The minimum absolute atomic E-state index is 0.0186. The van der Waals surface area contributed by atoms with E-state index < -0.39 is 37.3 Å². The van der Waals surface area contributed by atoms with Gasteiger partial charge in [-0.25, -0.2) is 0 Å². The number of aliphatic hydroxyl groups excluding tert-OH is 4. The van der Waals surface area contributed by atoms with E-state index in [1.54, 1.807) is 0 Å². The Labute approximate surface area is 137 Å². The molecule has 1 fully saturated rings. The smallest absolute Gasteiger partial charge is 0.317 e. The molecule has 5 atom stereocenters. The molecule has 0 bridgehead atoms. The third kappa shape index (κ3) is 3.25. The van der Waals surface area contributed by atoms with Crippen molar-refractivity contribution in [1.82, 2.24) is 10.2 Å². The predicted octanol–water partition coefficient (Wildman–Crippen LogP) is -0.743. The van der Waals surface area contributed by atoms with E-state index in [2.05, 4.69) is 15.5 Å². The first kappa shape index (κ1) is 16.8. The fourth-order valence-electron chi connectivity index (χ4n) is 2.44. The maximum atomic E-state index is 9.97. The van der Waals surface area contributed by atoms with Gasteiger partial charge in [0.25, 0.3) is 0 Å². The maximum absolute atomic E-state index is 9.97. The Kier molecular flexibility index (Phi) is 4.78. The Morgan fingerprint density at radius 3 is 2.42 bits per heavy atom. The molecular weight excluding hydrogens is 318 g/mol. The summed E-state index contributed by atoms with van der Waals surface area (Å²) in [5.74, 6) is 0.280. The summed E-state index contributed by atoms with van der Waals surface area (Å²) >= 11 is 0. The SMILES string of the molecule is Cc1ccc(-c2nnc(N[C@@H]3O[C@H](CO)[C@@H](O)[C@H](O)[C@H]3O)o2)cc1. The van der Waals surface area contributed by atoms with E-state index in [0.717, 1.165) is 11.1 Å². The molecule has 0 saturated carbocycles. The number of aromatic nitrogens is 2. The first-order valence-electron chi connectivity index (χ1n) is 7.47. The Morgan fingerprint density at radius 1 is 1.04 bits per heavy atom. The molecule has 1 aliphatic heterocycles. The molecule has 3 rings (SSSR count). The van der Waals surface area contributed by atoms with Gasteiger partial charge in [0.05, 0.1) is 6.61 Å². The second kappa shape index (κ2) is 6.83. The largest absolute Gasteiger partial charge is 0.403 e. The van der Waals surface area contributed by atoms with Crippen LogP contribution in [0.3, 0.4) is 0 Å². The lowest BCUT2D eigenvalue weighted by Gasteiger charge is -2.39. The molecule has 1 aromatic carbocycles. The third-order valence-electron chi connectivity index (χ3n) is 3.88. The van der Waals surface area contributed by atoms with E-state index >= 15 is 0 Å². The van der Waals surface area contributed by atoms with Gasteiger partial charge in [0.2, 0.25) is 5.89 Å². The van der Waals surface area contributed by atoms with Crippen LogP contribution in [0.1, 0.15) is 5.56 Å². The molecule has 1 aliphatic rings. The van der Waals surface area contributed by atoms with Crippen molar-refractivity contribution < 1.29 is 29.6 Å². The van der Waals surface area contributed by atoms with Crippen LogP contribution in [-0.2, 0) is 4.74 Å². The number of aryl methyl sites for hydroxylation is 1. The number of rotatable bonds is 4. The zero-order valence-corrected chi connectivity index (χ0v) is 12.9. The van der Waals surface area contributed by atoms with E-state index in [1.165, 1.54) is 0 Å². The van der Waals surface area contributed by atoms with Crippen molar-refractivity contribution in [2.75, 3.05) is 11.9 Å². The normalized spacial score (nSPS) is 30.3. The second-order valence-corrected chi connectivity index (χ2v) is 5.67. The molecular formula is C15H19N3O6. The highest BCUT2D eigenvalue weighted by Crippen LogP contribution is 2.24. The van der Waals surface area contributed by atoms with Gasteiger partial charge in [0.1, 0.15) is 24.4 Å². The van der Waals surface area contributed by atoms with Crippen LogP contribution in [-0.4, -0.2) is 67.9 Å². The summed E-state index contributed by atoms with van der Waals surface area (Å²) in [4.78, 5) is 0. The third-order valence-corrected chi connectivity index (χ3v) is 3.88. The molecule has 1 aromatic heterocycles. The minimum Gasteiger partial charge on any atom is -0.403 e.